The maximum absolute atomic E-state index is 12.7. The number of nitrogens with one attached hydrogen (secondary N) is 1. The highest BCUT2D eigenvalue weighted by Gasteiger charge is 2.26. The quantitative estimate of drug-likeness (QED) is 0.626. The van der Waals surface area contributed by atoms with Crippen LogP contribution in [0.5, 0.6) is 5.75 Å². The lowest BCUT2D eigenvalue weighted by molar-refractivity contribution is -0.116. The van der Waals surface area contributed by atoms with Gasteiger partial charge in [0.25, 0.3) is 0 Å². The third kappa shape index (κ3) is 5.28. The SMILES string of the molecule is CCOC(=O)c1cc(S(=O)(=O)N(C)CC(=O)Nc2ccc(OC)c(Cl)c2)cn1C. The van der Waals surface area contributed by atoms with Crippen LogP contribution >= 0.6 is 11.6 Å². The van der Waals surface area contributed by atoms with Crippen molar-refractivity contribution in [2.24, 2.45) is 7.05 Å². The lowest BCUT2D eigenvalue weighted by atomic mass is 10.3. The minimum absolute atomic E-state index is 0.0937. The Bertz CT molecular complexity index is 1020. The molecular formula is C18H22ClN3O6S. The van der Waals surface area contributed by atoms with E-state index >= 15 is 0 Å². The predicted molar refractivity (Wildman–Crippen MR) is 108 cm³/mol. The zero-order valence-electron chi connectivity index (χ0n) is 16.4. The van der Waals surface area contributed by atoms with Gasteiger partial charge in [0.1, 0.15) is 16.3 Å². The zero-order chi connectivity index (χ0) is 21.8. The molecule has 0 aliphatic heterocycles. The van der Waals surface area contributed by atoms with E-state index in [4.69, 9.17) is 21.1 Å². The minimum atomic E-state index is -4.00. The van der Waals surface area contributed by atoms with E-state index in [1.54, 1.807) is 19.1 Å². The van der Waals surface area contributed by atoms with Gasteiger partial charge in [-0.15, -0.1) is 0 Å². The number of ether oxygens (including phenoxy) is 2. The van der Waals surface area contributed by atoms with Gasteiger partial charge in [0, 0.05) is 26.0 Å². The van der Waals surface area contributed by atoms with Gasteiger partial charge in [-0.2, -0.15) is 4.31 Å². The summed E-state index contributed by atoms with van der Waals surface area (Å²) in [4.78, 5) is 24.0. The molecule has 2 aromatic rings. The number of nitrogens with zero attached hydrogens (tertiary/aromatic N) is 2. The van der Waals surface area contributed by atoms with Crippen LogP contribution in [0.4, 0.5) is 5.69 Å². The van der Waals surface area contributed by atoms with E-state index in [-0.39, 0.29) is 17.2 Å². The number of hydrogen-bond acceptors (Lipinski definition) is 6. The van der Waals surface area contributed by atoms with Gasteiger partial charge in [-0.05, 0) is 31.2 Å². The standard InChI is InChI=1S/C18H22ClN3O6S/c1-5-28-18(24)15-9-13(10-21(15)2)29(25,26)22(3)11-17(23)20-12-6-7-16(27-4)14(19)8-12/h6-10H,5,11H2,1-4H3,(H,20,23). The molecule has 0 saturated heterocycles. The molecule has 0 saturated carbocycles. The van der Waals surface area contributed by atoms with Gasteiger partial charge in [-0.1, -0.05) is 11.6 Å². The van der Waals surface area contributed by atoms with E-state index in [0.717, 1.165) is 4.31 Å². The number of likely N-dealkylation sites (N-methyl/N-ethyl adjacent to an activating group) is 1. The Balaban J connectivity index is 2.12. The number of rotatable bonds is 8. The van der Waals surface area contributed by atoms with Crippen molar-refractivity contribution < 1.29 is 27.5 Å². The maximum Gasteiger partial charge on any atom is 0.354 e. The fraction of sp³-hybridized carbons (Fsp3) is 0.333. The van der Waals surface area contributed by atoms with Crippen LogP contribution in [-0.4, -0.2) is 56.5 Å². The minimum Gasteiger partial charge on any atom is -0.495 e. The summed E-state index contributed by atoms with van der Waals surface area (Å²) in [7, 11) is 0.275. The molecule has 2 rings (SSSR count). The van der Waals surface area contributed by atoms with Crippen molar-refractivity contribution in [3.63, 3.8) is 0 Å². The molecule has 1 N–H and O–H groups in total. The fourth-order valence-electron chi connectivity index (χ4n) is 2.50. The Morgan fingerprint density at radius 1 is 1.28 bits per heavy atom. The Morgan fingerprint density at radius 2 is 1.97 bits per heavy atom. The molecule has 1 aromatic heterocycles. The number of anilines is 1. The number of benzene rings is 1. The number of hydrogen-bond donors (Lipinski definition) is 1. The third-order valence-electron chi connectivity index (χ3n) is 3.97. The smallest absolute Gasteiger partial charge is 0.354 e. The average Bonchev–Trinajstić information content (AvgIpc) is 3.04. The van der Waals surface area contributed by atoms with E-state index < -0.39 is 28.4 Å². The monoisotopic (exact) mass is 443 g/mol. The Labute approximate surface area is 174 Å². The normalized spacial score (nSPS) is 11.4. The summed E-state index contributed by atoms with van der Waals surface area (Å²) in [6, 6.07) is 5.87. The van der Waals surface area contributed by atoms with Gasteiger partial charge < -0.3 is 19.4 Å². The van der Waals surface area contributed by atoms with Crippen LogP contribution in [0, 0.1) is 0 Å². The molecule has 0 spiro atoms. The molecule has 0 atom stereocenters. The molecule has 0 radical (unpaired) electrons. The molecule has 0 bridgehead atoms. The van der Waals surface area contributed by atoms with E-state index in [9.17, 15) is 18.0 Å². The number of halogens is 1. The van der Waals surface area contributed by atoms with E-state index in [1.165, 1.54) is 44.1 Å². The van der Waals surface area contributed by atoms with Gasteiger partial charge in [0.05, 0.1) is 25.3 Å². The molecule has 0 unspecified atom stereocenters. The van der Waals surface area contributed by atoms with Crippen LogP contribution < -0.4 is 10.1 Å². The molecule has 158 valence electrons. The molecular weight excluding hydrogens is 422 g/mol. The van der Waals surface area contributed by atoms with Crippen molar-refractivity contribution in [3.05, 3.63) is 41.2 Å². The molecule has 1 aromatic carbocycles. The van der Waals surface area contributed by atoms with Crippen molar-refractivity contribution >= 4 is 39.2 Å². The molecule has 9 nitrogen and oxygen atoms in total. The van der Waals surface area contributed by atoms with Crippen molar-refractivity contribution in [1.82, 2.24) is 8.87 Å². The lowest BCUT2D eigenvalue weighted by Gasteiger charge is -2.16. The van der Waals surface area contributed by atoms with Crippen molar-refractivity contribution in [2.45, 2.75) is 11.8 Å². The van der Waals surface area contributed by atoms with Crippen LogP contribution in [0.25, 0.3) is 0 Å². The fourth-order valence-corrected chi connectivity index (χ4v) is 3.95. The van der Waals surface area contributed by atoms with Gasteiger partial charge >= 0.3 is 5.97 Å². The van der Waals surface area contributed by atoms with Crippen LogP contribution in [-0.2, 0) is 26.6 Å². The Morgan fingerprint density at radius 3 is 2.55 bits per heavy atom. The molecule has 1 amide bonds. The first-order valence-electron chi connectivity index (χ1n) is 8.53. The zero-order valence-corrected chi connectivity index (χ0v) is 18.0. The van der Waals surface area contributed by atoms with E-state index in [0.29, 0.717) is 16.5 Å². The highest BCUT2D eigenvalue weighted by atomic mass is 35.5. The summed E-state index contributed by atoms with van der Waals surface area (Å²) in [5, 5.41) is 2.88. The second-order valence-electron chi connectivity index (χ2n) is 6.05. The van der Waals surface area contributed by atoms with Gasteiger partial charge in [-0.3, -0.25) is 4.79 Å². The molecule has 0 aliphatic carbocycles. The first kappa shape index (κ1) is 22.7. The summed E-state index contributed by atoms with van der Waals surface area (Å²) in [6.07, 6.45) is 1.29. The molecule has 11 heteroatoms. The van der Waals surface area contributed by atoms with Gasteiger partial charge in [0.2, 0.25) is 15.9 Å². The molecule has 0 aliphatic rings. The van der Waals surface area contributed by atoms with Crippen LogP contribution in [0.3, 0.4) is 0 Å². The van der Waals surface area contributed by atoms with Crippen LogP contribution in [0.1, 0.15) is 17.4 Å². The maximum atomic E-state index is 12.7. The van der Waals surface area contributed by atoms with Gasteiger partial charge in [-0.25, -0.2) is 13.2 Å². The van der Waals surface area contributed by atoms with Crippen molar-refractivity contribution in [2.75, 3.05) is 32.6 Å². The van der Waals surface area contributed by atoms with Crippen LogP contribution in [0.2, 0.25) is 5.02 Å². The molecule has 0 fully saturated rings. The number of sulfonamides is 1. The number of carbonyl (C=O) groups is 2. The Hall–Kier alpha value is -2.56. The Kier molecular flexibility index (Phi) is 7.28. The number of aryl methyl sites for hydroxylation is 1. The summed E-state index contributed by atoms with van der Waals surface area (Å²) in [6.45, 7) is 1.39. The lowest BCUT2D eigenvalue weighted by Crippen LogP contribution is -2.34. The third-order valence-corrected chi connectivity index (χ3v) is 6.04. The van der Waals surface area contributed by atoms with Gasteiger partial charge in [0.15, 0.2) is 0 Å². The van der Waals surface area contributed by atoms with Crippen molar-refractivity contribution in [3.8, 4) is 5.75 Å². The number of methoxy groups -OCH3 is 1. The number of carbonyl (C=O) groups excluding carboxylic acids is 2. The van der Waals surface area contributed by atoms with Crippen LogP contribution in [0.15, 0.2) is 35.4 Å². The largest absolute Gasteiger partial charge is 0.495 e. The molecule has 1 heterocycles. The van der Waals surface area contributed by atoms with Crippen molar-refractivity contribution in [1.29, 1.82) is 0 Å². The summed E-state index contributed by atoms with van der Waals surface area (Å²) in [5.74, 6) is -0.738. The summed E-state index contributed by atoms with van der Waals surface area (Å²) >= 11 is 6.01. The first-order chi connectivity index (χ1) is 13.6. The molecule has 29 heavy (non-hydrogen) atoms. The first-order valence-corrected chi connectivity index (χ1v) is 10.3. The highest BCUT2D eigenvalue weighted by Crippen LogP contribution is 2.27. The van der Waals surface area contributed by atoms with E-state index in [1.807, 2.05) is 0 Å². The number of esters is 1. The average molecular weight is 444 g/mol. The summed E-state index contributed by atoms with van der Waals surface area (Å²) in [5.41, 5.74) is 0.493. The topological polar surface area (TPSA) is 107 Å². The second-order valence-corrected chi connectivity index (χ2v) is 8.50. The highest BCUT2D eigenvalue weighted by molar-refractivity contribution is 7.89. The predicted octanol–water partition coefficient (Wildman–Crippen LogP) is 2.12. The number of aromatic nitrogens is 1. The number of amides is 1. The second kappa shape index (κ2) is 9.29. The summed E-state index contributed by atoms with van der Waals surface area (Å²) < 4.78 is 37.7. The van der Waals surface area contributed by atoms with E-state index in [2.05, 4.69) is 5.32 Å².